The van der Waals surface area contributed by atoms with Crippen molar-refractivity contribution in [2.75, 3.05) is 13.1 Å². The van der Waals surface area contributed by atoms with Gasteiger partial charge in [-0.25, -0.2) is 0 Å². The number of carbonyl (C=O) groups excluding carboxylic acids is 1. The molecule has 4 aliphatic rings. The van der Waals surface area contributed by atoms with Crippen molar-refractivity contribution in [3.63, 3.8) is 0 Å². The Kier molecular flexibility index (Phi) is 6.54. The molecule has 6 nitrogen and oxygen atoms in total. The molecule has 9 heteroatoms. The third-order valence-electron chi connectivity index (χ3n) is 9.71. The fraction of sp³-hybridized carbons (Fsp3) is 0.469. The summed E-state index contributed by atoms with van der Waals surface area (Å²) in [4.78, 5) is 17.7. The molecule has 0 aromatic heterocycles. The molecule has 1 amide bonds. The van der Waals surface area contributed by atoms with Gasteiger partial charge in [-0.1, -0.05) is 24.3 Å². The first-order valence-corrected chi connectivity index (χ1v) is 14.2. The number of hydrogen-bond donors (Lipinski definition) is 2. The number of aromatic hydroxyl groups is 1. The summed E-state index contributed by atoms with van der Waals surface area (Å²) in [5.74, 6) is 0.0706. The summed E-state index contributed by atoms with van der Waals surface area (Å²) >= 11 is 0. The van der Waals surface area contributed by atoms with Gasteiger partial charge in [-0.15, -0.1) is 6.58 Å². The first-order chi connectivity index (χ1) is 19.4. The monoisotopic (exact) mass is 568 g/mol. The minimum absolute atomic E-state index is 0.0208. The van der Waals surface area contributed by atoms with E-state index in [4.69, 9.17) is 4.74 Å². The summed E-state index contributed by atoms with van der Waals surface area (Å²) < 4.78 is 46.2. The van der Waals surface area contributed by atoms with E-state index in [1.165, 1.54) is 24.3 Å². The van der Waals surface area contributed by atoms with E-state index >= 15 is 0 Å². The van der Waals surface area contributed by atoms with Crippen LogP contribution in [-0.4, -0.2) is 68.8 Å². The van der Waals surface area contributed by atoms with E-state index in [1.807, 2.05) is 26.0 Å². The summed E-state index contributed by atoms with van der Waals surface area (Å²) in [6.07, 6.45) is 1.65. The zero-order valence-corrected chi connectivity index (χ0v) is 23.2. The van der Waals surface area contributed by atoms with Crippen molar-refractivity contribution < 1.29 is 32.9 Å². The molecule has 2 heterocycles. The van der Waals surface area contributed by atoms with Gasteiger partial charge in [0.05, 0.1) is 22.6 Å². The van der Waals surface area contributed by atoms with Crippen molar-refractivity contribution in [1.29, 1.82) is 0 Å². The third-order valence-corrected chi connectivity index (χ3v) is 9.71. The maximum atomic E-state index is 13.7. The smallest absolute Gasteiger partial charge is 0.416 e. The molecular weight excluding hydrogens is 533 g/mol. The van der Waals surface area contributed by atoms with Crippen LogP contribution in [0.25, 0.3) is 6.08 Å². The summed E-state index contributed by atoms with van der Waals surface area (Å²) in [5.41, 5.74) is -0.534. The van der Waals surface area contributed by atoms with Gasteiger partial charge in [-0.3, -0.25) is 9.69 Å². The van der Waals surface area contributed by atoms with Crippen LogP contribution in [0.3, 0.4) is 0 Å². The molecule has 1 saturated heterocycles. The molecule has 6 rings (SSSR count). The maximum Gasteiger partial charge on any atom is 0.416 e. The Balaban J connectivity index is 1.38. The summed E-state index contributed by atoms with van der Waals surface area (Å²) in [6, 6.07) is 7.59. The predicted octanol–water partition coefficient (Wildman–Crippen LogP) is 5.07. The van der Waals surface area contributed by atoms with Crippen molar-refractivity contribution in [1.82, 2.24) is 9.80 Å². The summed E-state index contributed by atoms with van der Waals surface area (Å²) in [5, 5.41) is 23.4. The molecule has 1 saturated carbocycles. The van der Waals surface area contributed by atoms with Gasteiger partial charge >= 0.3 is 6.18 Å². The zero-order valence-electron chi connectivity index (χ0n) is 23.2. The third kappa shape index (κ3) is 4.03. The van der Waals surface area contributed by atoms with Crippen molar-refractivity contribution in [3.8, 4) is 11.5 Å². The highest BCUT2D eigenvalue weighted by molar-refractivity contribution is 5.92. The Morgan fingerprint density at radius 1 is 1.27 bits per heavy atom. The second-order valence-electron chi connectivity index (χ2n) is 12.0. The van der Waals surface area contributed by atoms with Crippen LogP contribution in [0.15, 0.2) is 55.1 Å². The molecule has 2 aromatic carbocycles. The number of ether oxygens (including phenoxy) is 1. The van der Waals surface area contributed by atoms with Crippen LogP contribution in [0, 0.1) is 0 Å². The van der Waals surface area contributed by atoms with E-state index < -0.39 is 34.9 Å². The van der Waals surface area contributed by atoms with Crippen molar-refractivity contribution in [2.24, 2.45) is 0 Å². The molecule has 1 spiro atoms. The number of rotatable bonds is 6. The largest absolute Gasteiger partial charge is 0.504 e. The van der Waals surface area contributed by atoms with Crippen LogP contribution >= 0.6 is 0 Å². The molecule has 0 radical (unpaired) electrons. The highest BCUT2D eigenvalue weighted by atomic mass is 19.4. The lowest BCUT2D eigenvalue weighted by atomic mass is 9.48. The van der Waals surface area contributed by atoms with Crippen LogP contribution in [0.4, 0.5) is 13.2 Å². The predicted molar refractivity (Wildman–Crippen MR) is 149 cm³/mol. The highest BCUT2D eigenvalue weighted by Gasteiger charge is 2.73. The number of phenolic OH excluding ortho intramolecular Hbond substituents is 1. The molecule has 2 N–H and O–H groups in total. The highest BCUT2D eigenvalue weighted by Crippen LogP contribution is 2.66. The van der Waals surface area contributed by atoms with Crippen molar-refractivity contribution in [3.05, 3.63) is 77.4 Å². The molecule has 2 fully saturated rings. The molecule has 0 unspecified atom stereocenters. The lowest BCUT2D eigenvalue weighted by molar-refractivity contribution is -0.200. The van der Waals surface area contributed by atoms with Gasteiger partial charge in [0.1, 0.15) is 6.10 Å². The molecular formula is C32H35F3N2O4. The van der Waals surface area contributed by atoms with Crippen LogP contribution in [0.5, 0.6) is 11.5 Å². The SMILES string of the molecule is C=CCN1CC[C@]23c4c5ccc(O)c4O[C@H]2[C@H](N(C(=O)C=Cc2cccc(C(F)(F)F)c2)C(C)C)CC[C@@]3(O)[C@H]1C5. The molecule has 41 heavy (non-hydrogen) atoms. The maximum absolute atomic E-state index is 13.7. The van der Waals surface area contributed by atoms with Crippen molar-refractivity contribution in [2.45, 2.75) is 81.0 Å². The van der Waals surface area contributed by atoms with E-state index in [9.17, 15) is 28.2 Å². The fourth-order valence-electron chi connectivity index (χ4n) is 8.15. The van der Waals surface area contributed by atoms with E-state index in [2.05, 4.69) is 11.5 Å². The average molecular weight is 569 g/mol. The van der Waals surface area contributed by atoms with E-state index in [-0.39, 0.29) is 29.3 Å². The molecule has 218 valence electrons. The quantitative estimate of drug-likeness (QED) is 0.376. The van der Waals surface area contributed by atoms with Gasteiger partial charge in [0.25, 0.3) is 0 Å². The minimum Gasteiger partial charge on any atom is -0.504 e. The number of benzene rings is 2. The van der Waals surface area contributed by atoms with E-state index in [0.717, 1.165) is 23.3 Å². The second-order valence-corrected chi connectivity index (χ2v) is 12.0. The number of carbonyl (C=O) groups is 1. The van der Waals surface area contributed by atoms with Crippen LogP contribution in [0.2, 0.25) is 0 Å². The van der Waals surface area contributed by atoms with Gasteiger partial charge in [-0.2, -0.15) is 13.2 Å². The molecule has 2 aliphatic heterocycles. The minimum atomic E-state index is -4.48. The number of alkyl halides is 3. The number of phenols is 1. The fourth-order valence-corrected chi connectivity index (χ4v) is 8.15. The number of halogens is 3. The van der Waals surface area contributed by atoms with Crippen molar-refractivity contribution >= 4 is 12.0 Å². The number of nitrogens with zero attached hydrogens (tertiary/aromatic N) is 2. The Morgan fingerprint density at radius 3 is 2.76 bits per heavy atom. The lowest BCUT2D eigenvalue weighted by Gasteiger charge is -2.65. The van der Waals surface area contributed by atoms with E-state index in [0.29, 0.717) is 44.5 Å². The number of hydrogen-bond acceptors (Lipinski definition) is 5. The molecule has 2 aromatic rings. The number of likely N-dealkylation sites (tertiary alicyclic amines) is 1. The Labute approximate surface area is 237 Å². The van der Waals surface area contributed by atoms with E-state index in [1.54, 1.807) is 11.0 Å². The van der Waals surface area contributed by atoms with Gasteiger partial charge in [0.2, 0.25) is 5.91 Å². The summed E-state index contributed by atoms with van der Waals surface area (Å²) in [6.45, 7) is 9.07. The normalized spacial score (nSPS) is 30.3. The number of aliphatic hydroxyl groups is 1. The topological polar surface area (TPSA) is 73.2 Å². The van der Waals surface area contributed by atoms with Gasteiger partial charge in [0.15, 0.2) is 11.5 Å². The number of amides is 1. The standard InChI is InChI=1S/C32H35F3N2O4/c1-4-15-36-16-14-30-27-21-9-10-24(38)28(27)41-29(30)23(12-13-31(30,40)25(36)18-21)37(19(2)3)26(39)11-8-20-6-5-7-22(17-20)32(33,34)35/h4-11,17,19,23,25,29,38,40H,1,12-16,18H2,2-3H3/t23-,25-,29+,30+,31-/m1/s1. The summed E-state index contributed by atoms with van der Waals surface area (Å²) in [7, 11) is 0. The second kappa shape index (κ2) is 9.63. The molecule has 2 bridgehead atoms. The first kappa shape index (κ1) is 27.8. The molecule has 5 atom stereocenters. The van der Waals surface area contributed by atoms with Crippen LogP contribution < -0.4 is 4.74 Å². The number of piperidine rings is 1. The Morgan fingerprint density at radius 2 is 2.05 bits per heavy atom. The average Bonchev–Trinajstić information content (AvgIpc) is 3.27. The Bertz CT molecular complexity index is 1420. The van der Waals surface area contributed by atoms with Gasteiger partial charge in [0, 0.05) is 30.3 Å². The van der Waals surface area contributed by atoms with Gasteiger partial charge in [-0.05, 0) is 81.5 Å². The zero-order chi connectivity index (χ0) is 29.3. The lowest BCUT2D eigenvalue weighted by Crippen LogP contribution is -2.78. The van der Waals surface area contributed by atoms with Crippen LogP contribution in [0.1, 0.15) is 55.4 Å². The van der Waals surface area contributed by atoms with Gasteiger partial charge < -0.3 is 19.8 Å². The Hall–Kier alpha value is -3.30. The first-order valence-electron chi connectivity index (χ1n) is 14.2. The van der Waals surface area contributed by atoms with Crippen LogP contribution in [-0.2, 0) is 22.8 Å². The molecule has 2 aliphatic carbocycles.